The molecule has 29 heavy (non-hydrogen) atoms. The zero-order valence-electron chi connectivity index (χ0n) is 16.4. The minimum Gasteiger partial charge on any atom is -0.462 e. The van der Waals surface area contributed by atoms with Crippen molar-refractivity contribution >= 4 is 17.5 Å². The Morgan fingerprint density at radius 1 is 1.31 bits per heavy atom. The fourth-order valence-electron chi connectivity index (χ4n) is 3.53. The van der Waals surface area contributed by atoms with E-state index in [2.05, 4.69) is 9.88 Å². The van der Waals surface area contributed by atoms with Gasteiger partial charge in [0.25, 0.3) is 0 Å². The molecule has 1 saturated heterocycles. The number of ether oxygens (including phenoxy) is 1. The molecule has 0 radical (unpaired) electrons. The van der Waals surface area contributed by atoms with Crippen LogP contribution in [0.5, 0.6) is 0 Å². The van der Waals surface area contributed by atoms with Gasteiger partial charge in [0.15, 0.2) is 0 Å². The summed E-state index contributed by atoms with van der Waals surface area (Å²) in [7, 11) is 0. The summed E-state index contributed by atoms with van der Waals surface area (Å²) in [5.74, 6) is -0.844. The van der Waals surface area contributed by atoms with Crippen molar-refractivity contribution in [2.75, 3.05) is 37.7 Å². The van der Waals surface area contributed by atoms with E-state index in [0.717, 1.165) is 5.56 Å². The first-order valence-electron chi connectivity index (χ1n) is 9.47. The third-order valence-electron chi connectivity index (χ3n) is 5.08. The Morgan fingerprint density at radius 3 is 2.66 bits per heavy atom. The highest BCUT2D eigenvalue weighted by Crippen LogP contribution is 2.32. The third-order valence-corrected chi connectivity index (χ3v) is 5.08. The largest absolute Gasteiger partial charge is 0.462 e. The number of nitrogens with zero attached hydrogens (tertiary/aromatic N) is 4. The number of nitro groups is 1. The number of piperazine rings is 1. The van der Waals surface area contributed by atoms with Gasteiger partial charge in [-0.3, -0.25) is 15.0 Å². The Kier molecular flexibility index (Phi) is 6.38. The molecule has 1 fully saturated rings. The lowest BCUT2D eigenvalue weighted by molar-refractivity contribution is -0.384. The number of halogens is 1. The zero-order chi connectivity index (χ0) is 21.0. The predicted octanol–water partition coefficient (Wildman–Crippen LogP) is 3.19. The fourth-order valence-corrected chi connectivity index (χ4v) is 3.53. The zero-order valence-corrected chi connectivity index (χ0v) is 16.4. The van der Waals surface area contributed by atoms with E-state index in [1.54, 1.807) is 17.9 Å². The number of carbonyl (C=O) groups is 1. The van der Waals surface area contributed by atoms with E-state index in [0.29, 0.717) is 26.2 Å². The van der Waals surface area contributed by atoms with Crippen molar-refractivity contribution in [1.82, 2.24) is 9.88 Å². The maximum atomic E-state index is 13.5. The van der Waals surface area contributed by atoms with Gasteiger partial charge in [0.05, 0.1) is 11.5 Å². The van der Waals surface area contributed by atoms with Crippen molar-refractivity contribution in [3.05, 3.63) is 63.6 Å². The molecule has 154 valence electrons. The van der Waals surface area contributed by atoms with Crippen molar-refractivity contribution < 1.29 is 18.8 Å². The number of hydrogen-bond donors (Lipinski definition) is 0. The van der Waals surface area contributed by atoms with Gasteiger partial charge in [-0.05, 0) is 37.6 Å². The number of pyridine rings is 1. The van der Waals surface area contributed by atoms with Gasteiger partial charge in [-0.2, -0.15) is 0 Å². The molecule has 0 unspecified atom stereocenters. The Morgan fingerprint density at radius 2 is 2.03 bits per heavy atom. The van der Waals surface area contributed by atoms with Crippen molar-refractivity contribution in [1.29, 1.82) is 0 Å². The minimum absolute atomic E-state index is 0.0154. The average Bonchev–Trinajstić information content (AvgIpc) is 2.73. The minimum atomic E-state index is -0.735. The number of benzene rings is 1. The molecule has 1 aliphatic heterocycles. The van der Waals surface area contributed by atoms with Crippen LogP contribution in [-0.2, 0) is 4.74 Å². The number of anilines is 1. The summed E-state index contributed by atoms with van der Waals surface area (Å²) in [5.41, 5.74) is 0.446. The van der Waals surface area contributed by atoms with Gasteiger partial charge in [-0.25, -0.2) is 14.2 Å². The van der Waals surface area contributed by atoms with Crippen LogP contribution in [-0.4, -0.2) is 53.6 Å². The maximum absolute atomic E-state index is 13.5. The van der Waals surface area contributed by atoms with Gasteiger partial charge >= 0.3 is 11.7 Å². The van der Waals surface area contributed by atoms with Crippen LogP contribution in [0.4, 0.5) is 15.9 Å². The number of rotatable bonds is 6. The Bertz CT molecular complexity index is 900. The summed E-state index contributed by atoms with van der Waals surface area (Å²) in [6.45, 7) is 6.03. The van der Waals surface area contributed by atoms with Gasteiger partial charge in [-0.15, -0.1) is 0 Å². The van der Waals surface area contributed by atoms with E-state index < -0.39 is 10.9 Å². The van der Waals surface area contributed by atoms with Gasteiger partial charge < -0.3 is 9.64 Å². The van der Waals surface area contributed by atoms with Crippen LogP contribution in [0, 0.1) is 15.9 Å². The summed E-state index contributed by atoms with van der Waals surface area (Å²) in [6, 6.07) is 7.83. The second kappa shape index (κ2) is 8.95. The first-order chi connectivity index (χ1) is 13.9. The van der Waals surface area contributed by atoms with E-state index in [-0.39, 0.29) is 35.5 Å². The van der Waals surface area contributed by atoms with Gasteiger partial charge in [0, 0.05) is 38.4 Å². The van der Waals surface area contributed by atoms with Crippen LogP contribution in [0.2, 0.25) is 0 Å². The topological polar surface area (TPSA) is 88.8 Å². The monoisotopic (exact) mass is 402 g/mol. The third kappa shape index (κ3) is 4.51. The molecule has 3 rings (SSSR count). The standard InChI is InChI=1S/C20H23FN4O4/c1-3-29-20(26)17-7-8-22-19(18(17)25(27)28)24-11-9-23(10-12-24)14(2)15-5-4-6-16(21)13-15/h4-8,13-14H,3,9-12H2,1-2H3/t14-/m1/s1. The number of hydrogen-bond acceptors (Lipinski definition) is 7. The molecule has 0 amide bonds. The summed E-state index contributed by atoms with van der Waals surface area (Å²) in [5, 5.41) is 11.7. The highest BCUT2D eigenvalue weighted by molar-refractivity contribution is 5.96. The molecule has 1 atom stereocenters. The molecule has 2 aromatic rings. The number of carbonyl (C=O) groups excluding carboxylic acids is 1. The quantitative estimate of drug-likeness (QED) is 0.416. The first-order valence-corrected chi connectivity index (χ1v) is 9.47. The molecule has 0 spiro atoms. The van der Waals surface area contributed by atoms with Crippen LogP contribution >= 0.6 is 0 Å². The summed E-state index contributed by atoms with van der Waals surface area (Å²) in [4.78, 5) is 31.4. The molecule has 0 bridgehead atoms. The highest BCUT2D eigenvalue weighted by Gasteiger charge is 2.32. The summed E-state index contributed by atoms with van der Waals surface area (Å²) < 4.78 is 18.5. The lowest BCUT2D eigenvalue weighted by Crippen LogP contribution is -2.47. The van der Waals surface area contributed by atoms with Crippen molar-refractivity contribution in [2.24, 2.45) is 0 Å². The lowest BCUT2D eigenvalue weighted by atomic mass is 10.1. The van der Waals surface area contributed by atoms with Gasteiger partial charge in [0.2, 0.25) is 5.82 Å². The van der Waals surface area contributed by atoms with Gasteiger partial charge in [-0.1, -0.05) is 12.1 Å². The van der Waals surface area contributed by atoms with Crippen LogP contribution in [0.15, 0.2) is 36.5 Å². The first kappa shape index (κ1) is 20.7. The molecule has 1 aromatic heterocycles. The highest BCUT2D eigenvalue weighted by atomic mass is 19.1. The summed E-state index contributed by atoms with van der Waals surface area (Å²) >= 11 is 0. The maximum Gasteiger partial charge on any atom is 0.345 e. The Hall–Kier alpha value is -3.07. The molecule has 2 heterocycles. The molecular formula is C20H23FN4O4. The predicted molar refractivity (Wildman–Crippen MR) is 105 cm³/mol. The number of esters is 1. The Labute approximate surface area is 168 Å². The van der Waals surface area contributed by atoms with Crippen LogP contribution in [0.25, 0.3) is 0 Å². The van der Waals surface area contributed by atoms with Crippen molar-refractivity contribution in [3.8, 4) is 0 Å². The molecular weight excluding hydrogens is 379 g/mol. The lowest BCUT2D eigenvalue weighted by Gasteiger charge is -2.38. The van der Waals surface area contributed by atoms with E-state index in [1.807, 2.05) is 13.0 Å². The Balaban J connectivity index is 1.78. The van der Waals surface area contributed by atoms with Crippen molar-refractivity contribution in [2.45, 2.75) is 19.9 Å². The normalized spacial score (nSPS) is 15.8. The van der Waals surface area contributed by atoms with Crippen LogP contribution in [0.1, 0.15) is 35.8 Å². The molecule has 0 aliphatic carbocycles. The molecule has 0 N–H and O–H groups in total. The molecule has 0 saturated carbocycles. The summed E-state index contributed by atoms with van der Waals surface area (Å²) in [6.07, 6.45) is 1.39. The van der Waals surface area contributed by atoms with Crippen molar-refractivity contribution in [3.63, 3.8) is 0 Å². The second-order valence-corrected chi connectivity index (χ2v) is 6.76. The van der Waals surface area contributed by atoms with E-state index in [1.165, 1.54) is 24.4 Å². The van der Waals surface area contributed by atoms with E-state index >= 15 is 0 Å². The molecule has 1 aromatic carbocycles. The van der Waals surface area contributed by atoms with Crippen LogP contribution < -0.4 is 4.90 Å². The van der Waals surface area contributed by atoms with E-state index in [4.69, 9.17) is 4.74 Å². The van der Waals surface area contributed by atoms with Crippen LogP contribution in [0.3, 0.4) is 0 Å². The fraction of sp³-hybridized carbons (Fsp3) is 0.400. The smallest absolute Gasteiger partial charge is 0.345 e. The molecule has 9 heteroatoms. The number of aromatic nitrogens is 1. The SMILES string of the molecule is CCOC(=O)c1ccnc(N2CCN([C@H](C)c3cccc(F)c3)CC2)c1[N+](=O)[O-]. The second-order valence-electron chi connectivity index (χ2n) is 6.76. The molecule has 8 nitrogen and oxygen atoms in total. The average molecular weight is 402 g/mol. The molecule has 1 aliphatic rings. The van der Waals surface area contributed by atoms with E-state index in [9.17, 15) is 19.3 Å². The van der Waals surface area contributed by atoms with Gasteiger partial charge in [0.1, 0.15) is 11.4 Å².